The third kappa shape index (κ3) is 3.44. The number of hydrogen-bond acceptors (Lipinski definition) is 4. The van der Waals surface area contributed by atoms with E-state index in [2.05, 4.69) is 10.1 Å². The maximum Gasteiger partial charge on any atom is 0.339 e. The quantitative estimate of drug-likeness (QED) is 0.647. The van der Waals surface area contributed by atoms with E-state index in [1.165, 1.54) is 33.1 Å². The minimum atomic E-state index is -1.17. The minimum absolute atomic E-state index is 0.0574. The predicted molar refractivity (Wildman–Crippen MR) is 72.4 cm³/mol. The molecule has 0 fully saturated rings. The van der Waals surface area contributed by atoms with Crippen LogP contribution in [-0.4, -0.2) is 30.1 Å². The molecular formula is C14H15NO5. The first-order chi connectivity index (χ1) is 9.38. The number of ether oxygens (including phenoxy) is 1. The summed E-state index contributed by atoms with van der Waals surface area (Å²) in [5.41, 5.74) is 0.473. The number of carboxylic acids is 1. The van der Waals surface area contributed by atoms with Gasteiger partial charge in [-0.05, 0) is 26.0 Å². The number of esters is 1. The normalized spacial score (nSPS) is 11.3. The molecule has 0 heterocycles. The molecule has 1 aromatic carbocycles. The monoisotopic (exact) mass is 277 g/mol. The van der Waals surface area contributed by atoms with Gasteiger partial charge in [0.15, 0.2) is 0 Å². The van der Waals surface area contributed by atoms with E-state index < -0.39 is 17.8 Å². The van der Waals surface area contributed by atoms with Crippen molar-refractivity contribution in [2.45, 2.75) is 13.8 Å². The third-order valence-electron chi connectivity index (χ3n) is 2.80. The van der Waals surface area contributed by atoms with Crippen LogP contribution in [0.25, 0.3) is 0 Å². The van der Waals surface area contributed by atoms with E-state index in [9.17, 15) is 14.4 Å². The molecule has 6 heteroatoms. The lowest BCUT2D eigenvalue weighted by Crippen LogP contribution is -2.18. The van der Waals surface area contributed by atoms with E-state index in [1.54, 1.807) is 12.1 Å². The zero-order chi connectivity index (χ0) is 15.3. The van der Waals surface area contributed by atoms with Gasteiger partial charge < -0.3 is 15.2 Å². The molecule has 2 N–H and O–H groups in total. The number of anilines is 1. The lowest BCUT2D eigenvalue weighted by atomic mass is 10.1. The van der Waals surface area contributed by atoms with Crippen LogP contribution in [0.1, 0.15) is 24.2 Å². The van der Waals surface area contributed by atoms with Gasteiger partial charge in [-0.1, -0.05) is 12.1 Å². The van der Waals surface area contributed by atoms with Crippen molar-refractivity contribution < 1.29 is 24.2 Å². The van der Waals surface area contributed by atoms with Crippen molar-refractivity contribution in [2.24, 2.45) is 0 Å². The minimum Gasteiger partial charge on any atom is -0.478 e. The molecule has 0 saturated heterocycles. The molecule has 20 heavy (non-hydrogen) atoms. The van der Waals surface area contributed by atoms with Gasteiger partial charge in [-0.2, -0.15) is 0 Å². The SMILES string of the molecule is COC(=O)c1ccccc1NC(=O)/C(C)=C(/C)C(=O)O. The lowest BCUT2D eigenvalue weighted by molar-refractivity contribution is -0.133. The number of carbonyl (C=O) groups excluding carboxylic acids is 2. The molecule has 0 aromatic heterocycles. The Morgan fingerprint density at radius 2 is 1.70 bits per heavy atom. The fraction of sp³-hybridized carbons (Fsp3) is 0.214. The van der Waals surface area contributed by atoms with E-state index in [0.717, 1.165) is 0 Å². The second-order valence-corrected chi connectivity index (χ2v) is 4.05. The molecule has 0 radical (unpaired) electrons. The Labute approximate surface area is 116 Å². The summed E-state index contributed by atoms with van der Waals surface area (Å²) in [5, 5.41) is 11.3. The summed E-state index contributed by atoms with van der Waals surface area (Å²) in [6.45, 7) is 2.74. The molecule has 106 valence electrons. The fourth-order valence-electron chi connectivity index (χ4n) is 1.43. The third-order valence-corrected chi connectivity index (χ3v) is 2.80. The smallest absolute Gasteiger partial charge is 0.339 e. The van der Waals surface area contributed by atoms with Gasteiger partial charge in [-0.25, -0.2) is 9.59 Å². The first-order valence-corrected chi connectivity index (χ1v) is 5.78. The number of rotatable bonds is 4. The largest absolute Gasteiger partial charge is 0.478 e. The number of methoxy groups -OCH3 is 1. The Hall–Kier alpha value is -2.63. The summed E-state index contributed by atoms with van der Waals surface area (Å²) in [7, 11) is 1.24. The Morgan fingerprint density at radius 3 is 2.25 bits per heavy atom. The van der Waals surface area contributed by atoms with Crippen molar-refractivity contribution in [3.8, 4) is 0 Å². The van der Waals surface area contributed by atoms with Gasteiger partial charge in [0.2, 0.25) is 0 Å². The van der Waals surface area contributed by atoms with Gasteiger partial charge in [0.1, 0.15) is 0 Å². The molecule has 6 nitrogen and oxygen atoms in total. The lowest BCUT2D eigenvalue weighted by Gasteiger charge is -2.10. The molecule has 0 spiro atoms. The molecule has 0 aliphatic rings. The summed E-state index contributed by atoms with van der Waals surface area (Å²) < 4.78 is 4.61. The first kappa shape index (κ1) is 15.4. The van der Waals surface area contributed by atoms with Gasteiger partial charge in [0, 0.05) is 11.1 Å². The summed E-state index contributed by atoms with van der Waals surface area (Å²) in [5.74, 6) is -2.34. The number of amides is 1. The van der Waals surface area contributed by atoms with E-state index in [0.29, 0.717) is 0 Å². The van der Waals surface area contributed by atoms with Gasteiger partial charge in [0.25, 0.3) is 5.91 Å². The van der Waals surface area contributed by atoms with Crippen LogP contribution in [0.4, 0.5) is 5.69 Å². The highest BCUT2D eigenvalue weighted by molar-refractivity contribution is 6.10. The number of aliphatic carboxylic acids is 1. The number of para-hydroxylation sites is 1. The van der Waals surface area contributed by atoms with E-state index in [-0.39, 0.29) is 22.4 Å². The summed E-state index contributed by atoms with van der Waals surface area (Å²) >= 11 is 0. The molecule has 0 aliphatic carbocycles. The number of carbonyl (C=O) groups is 3. The number of nitrogens with one attached hydrogen (secondary N) is 1. The van der Waals surface area contributed by atoms with Crippen molar-refractivity contribution in [3.05, 3.63) is 41.0 Å². The van der Waals surface area contributed by atoms with Crippen LogP contribution in [-0.2, 0) is 14.3 Å². The molecule has 0 saturated carbocycles. The second-order valence-electron chi connectivity index (χ2n) is 4.05. The number of hydrogen-bond donors (Lipinski definition) is 2. The average molecular weight is 277 g/mol. The Bertz CT molecular complexity index is 589. The van der Waals surface area contributed by atoms with Gasteiger partial charge >= 0.3 is 11.9 Å². The number of benzene rings is 1. The molecule has 1 rings (SSSR count). The highest BCUT2D eigenvalue weighted by Gasteiger charge is 2.16. The standard InChI is InChI=1S/C14H15NO5/c1-8(9(2)13(17)18)12(16)15-11-7-5-4-6-10(11)14(19)20-3/h4-7H,1-3H3,(H,15,16)(H,17,18)/b9-8-. The molecular weight excluding hydrogens is 262 g/mol. The van der Waals surface area contributed by atoms with Crippen molar-refractivity contribution in [3.63, 3.8) is 0 Å². The van der Waals surface area contributed by atoms with Gasteiger partial charge in [-0.3, -0.25) is 4.79 Å². The molecule has 0 atom stereocenters. The Morgan fingerprint density at radius 1 is 1.10 bits per heavy atom. The highest BCUT2D eigenvalue weighted by Crippen LogP contribution is 2.17. The first-order valence-electron chi connectivity index (χ1n) is 5.78. The molecule has 1 amide bonds. The predicted octanol–water partition coefficient (Wildman–Crippen LogP) is 1.83. The summed E-state index contributed by atoms with van der Waals surface area (Å²) in [6, 6.07) is 6.32. The van der Waals surface area contributed by atoms with E-state index in [1.807, 2.05) is 0 Å². The van der Waals surface area contributed by atoms with E-state index >= 15 is 0 Å². The van der Waals surface area contributed by atoms with Gasteiger partial charge in [0.05, 0.1) is 18.4 Å². The van der Waals surface area contributed by atoms with Crippen LogP contribution in [0.3, 0.4) is 0 Å². The Balaban J connectivity index is 3.06. The summed E-state index contributed by atoms with van der Waals surface area (Å²) in [6.07, 6.45) is 0. The van der Waals surface area contributed by atoms with Crippen LogP contribution in [0.15, 0.2) is 35.4 Å². The molecule has 0 bridgehead atoms. The van der Waals surface area contributed by atoms with E-state index in [4.69, 9.17) is 5.11 Å². The van der Waals surface area contributed by atoms with Crippen molar-refractivity contribution in [1.29, 1.82) is 0 Å². The topological polar surface area (TPSA) is 92.7 Å². The Kier molecular flexibility index (Phi) is 5.02. The summed E-state index contributed by atoms with van der Waals surface area (Å²) in [4.78, 5) is 34.3. The van der Waals surface area contributed by atoms with Crippen LogP contribution < -0.4 is 5.32 Å². The van der Waals surface area contributed by atoms with Crippen LogP contribution in [0.2, 0.25) is 0 Å². The maximum absolute atomic E-state index is 11.9. The molecule has 1 aromatic rings. The highest BCUT2D eigenvalue weighted by atomic mass is 16.5. The average Bonchev–Trinajstić information content (AvgIpc) is 2.45. The van der Waals surface area contributed by atoms with Crippen LogP contribution in [0.5, 0.6) is 0 Å². The zero-order valence-electron chi connectivity index (χ0n) is 11.4. The maximum atomic E-state index is 11.9. The number of carboxylic acid groups (broad SMARTS) is 1. The van der Waals surface area contributed by atoms with Crippen molar-refractivity contribution in [2.75, 3.05) is 12.4 Å². The van der Waals surface area contributed by atoms with Gasteiger partial charge in [-0.15, -0.1) is 0 Å². The second kappa shape index (κ2) is 6.51. The van der Waals surface area contributed by atoms with Crippen molar-refractivity contribution >= 4 is 23.5 Å². The fourth-order valence-corrected chi connectivity index (χ4v) is 1.43. The van der Waals surface area contributed by atoms with Crippen LogP contribution >= 0.6 is 0 Å². The van der Waals surface area contributed by atoms with Crippen molar-refractivity contribution in [1.82, 2.24) is 0 Å². The van der Waals surface area contributed by atoms with Crippen LogP contribution in [0, 0.1) is 0 Å². The zero-order valence-corrected chi connectivity index (χ0v) is 11.4. The molecule has 0 unspecified atom stereocenters. The molecule has 0 aliphatic heterocycles.